The first-order chi connectivity index (χ1) is 8.75. The zero-order chi connectivity index (χ0) is 14.6. The summed E-state index contributed by atoms with van der Waals surface area (Å²) >= 11 is 0. The molecule has 0 aliphatic rings. The van der Waals surface area contributed by atoms with Gasteiger partial charge < -0.3 is 9.47 Å². The van der Waals surface area contributed by atoms with E-state index in [2.05, 4.69) is 25.5 Å². The van der Waals surface area contributed by atoms with Crippen LogP contribution in [0.5, 0.6) is 0 Å². The maximum atomic E-state index is 11.8. The second kappa shape index (κ2) is 5.87. The van der Waals surface area contributed by atoms with Gasteiger partial charge in [-0.2, -0.15) is 0 Å². The smallest absolute Gasteiger partial charge is 0.346 e. The van der Waals surface area contributed by atoms with E-state index in [1.165, 1.54) is 14.0 Å². The van der Waals surface area contributed by atoms with Crippen molar-refractivity contribution in [3.05, 3.63) is 35.4 Å². The molecular weight excluding hydrogens is 244 g/mol. The molecule has 19 heavy (non-hydrogen) atoms. The fourth-order valence-corrected chi connectivity index (χ4v) is 1.55. The Bertz CT molecular complexity index is 454. The Morgan fingerprint density at radius 3 is 2.05 bits per heavy atom. The molecule has 104 valence electrons. The molecule has 0 saturated carbocycles. The molecule has 0 aliphatic carbocycles. The highest BCUT2D eigenvalue weighted by molar-refractivity contribution is 5.91. The van der Waals surface area contributed by atoms with E-state index in [9.17, 15) is 9.59 Å². The molecular formula is C15H20O4. The SMILES string of the molecule is COC(=O)[C@H](C)OC(=O)c1ccc(C(C)(C)C)cc1. The van der Waals surface area contributed by atoms with Crippen LogP contribution >= 0.6 is 0 Å². The molecule has 0 aliphatic heterocycles. The van der Waals surface area contributed by atoms with Crippen molar-refractivity contribution in [3.63, 3.8) is 0 Å². The molecule has 0 bridgehead atoms. The van der Waals surface area contributed by atoms with Crippen molar-refractivity contribution in [2.75, 3.05) is 7.11 Å². The van der Waals surface area contributed by atoms with Crippen LogP contribution in [0, 0.1) is 0 Å². The van der Waals surface area contributed by atoms with Gasteiger partial charge in [-0.3, -0.25) is 0 Å². The minimum Gasteiger partial charge on any atom is -0.466 e. The van der Waals surface area contributed by atoms with Gasteiger partial charge in [0.2, 0.25) is 0 Å². The highest BCUT2D eigenvalue weighted by atomic mass is 16.6. The van der Waals surface area contributed by atoms with E-state index in [4.69, 9.17) is 4.74 Å². The average molecular weight is 264 g/mol. The Morgan fingerprint density at radius 2 is 1.63 bits per heavy atom. The van der Waals surface area contributed by atoms with Crippen LogP contribution < -0.4 is 0 Å². The highest BCUT2D eigenvalue weighted by Crippen LogP contribution is 2.22. The van der Waals surface area contributed by atoms with Crippen molar-refractivity contribution < 1.29 is 19.1 Å². The predicted molar refractivity (Wildman–Crippen MR) is 72.0 cm³/mol. The van der Waals surface area contributed by atoms with E-state index in [0.717, 1.165) is 5.56 Å². The van der Waals surface area contributed by atoms with E-state index >= 15 is 0 Å². The Kier molecular flexibility index (Phi) is 4.70. The molecule has 0 fully saturated rings. The highest BCUT2D eigenvalue weighted by Gasteiger charge is 2.20. The second-order valence-electron chi connectivity index (χ2n) is 5.40. The molecule has 0 N–H and O–H groups in total. The van der Waals surface area contributed by atoms with Gasteiger partial charge in [-0.15, -0.1) is 0 Å². The summed E-state index contributed by atoms with van der Waals surface area (Å²) in [6.07, 6.45) is -0.903. The topological polar surface area (TPSA) is 52.6 Å². The fourth-order valence-electron chi connectivity index (χ4n) is 1.55. The third kappa shape index (κ3) is 4.09. The quantitative estimate of drug-likeness (QED) is 0.788. The Hall–Kier alpha value is -1.84. The van der Waals surface area contributed by atoms with Crippen LogP contribution in [0.2, 0.25) is 0 Å². The molecule has 4 heteroatoms. The number of carbonyl (C=O) groups excluding carboxylic acids is 2. The maximum Gasteiger partial charge on any atom is 0.346 e. The minimum absolute atomic E-state index is 0.0295. The van der Waals surface area contributed by atoms with E-state index in [1.807, 2.05) is 12.1 Å². The summed E-state index contributed by atoms with van der Waals surface area (Å²) in [5.74, 6) is -1.10. The first-order valence-electron chi connectivity index (χ1n) is 6.15. The second-order valence-corrected chi connectivity index (χ2v) is 5.40. The van der Waals surface area contributed by atoms with Crippen LogP contribution in [-0.4, -0.2) is 25.2 Å². The number of methoxy groups -OCH3 is 1. The van der Waals surface area contributed by atoms with Crippen LogP contribution in [0.1, 0.15) is 43.6 Å². The Labute approximate surface area is 113 Å². The van der Waals surface area contributed by atoms with Gasteiger partial charge in [-0.05, 0) is 30.0 Å². The van der Waals surface area contributed by atoms with Gasteiger partial charge in [0.15, 0.2) is 6.10 Å². The largest absolute Gasteiger partial charge is 0.466 e. The van der Waals surface area contributed by atoms with E-state index in [1.54, 1.807) is 12.1 Å². The van der Waals surface area contributed by atoms with Gasteiger partial charge in [-0.25, -0.2) is 9.59 Å². The van der Waals surface area contributed by atoms with Gasteiger partial charge in [-0.1, -0.05) is 32.9 Å². The van der Waals surface area contributed by atoms with Gasteiger partial charge in [0.25, 0.3) is 0 Å². The average Bonchev–Trinajstić information content (AvgIpc) is 2.36. The Morgan fingerprint density at radius 1 is 1.11 bits per heavy atom. The van der Waals surface area contributed by atoms with Gasteiger partial charge in [0.05, 0.1) is 12.7 Å². The van der Waals surface area contributed by atoms with Crippen molar-refractivity contribution in [1.82, 2.24) is 0 Å². The molecule has 4 nitrogen and oxygen atoms in total. The Balaban J connectivity index is 2.76. The van der Waals surface area contributed by atoms with Crippen LogP contribution in [0.4, 0.5) is 0 Å². The number of carbonyl (C=O) groups is 2. The number of hydrogen-bond acceptors (Lipinski definition) is 4. The van der Waals surface area contributed by atoms with Crippen LogP contribution in [0.25, 0.3) is 0 Å². The summed E-state index contributed by atoms with van der Waals surface area (Å²) in [6, 6.07) is 7.18. The molecule has 1 aromatic rings. The van der Waals surface area contributed by atoms with Gasteiger partial charge in [0.1, 0.15) is 0 Å². The zero-order valence-corrected chi connectivity index (χ0v) is 12.0. The monoisotopic (exact) mass is 264 g/mol. The van der Waals surface area contributed by atoms with Crippen molar-refractivity contribution in [3.8, 4) is 0 Å². The number of hydrogen-bond donors (Lipinski definition) is 0. The van der Waals surface area contributed by atoms with Crippen molar-refractivity contribution in [2.24, 2.45) is 0 Å². The number of benzene rings is 1. The first-order valence-corrected chi connectivity index (χ1v) is 6.15. The molecule has 0 amide bonds. The molecule has 0 saturated heterocycles. The van der Waals surface area contributed by atoms with Crippen LogP contribution in [0.3, 0.4) is 0 Å². The van der Waals surface area contributed by atoms with Crippen molar-refractivity contribution in [1.29, 1.82) is 0 Å². The third-order valence-electron chi connectivity index (χ3n) is 2.80. The van der Waals surface area contributed by atoms with Crippen molar-refractivity contribution >= 4 is 11.9 Å². The standard InChI is InChI=1S/C15H20O4/c1-10(13(16)18-5)19-14(17)11-6-8-12(9-7-11)15(2,3)4/h6-10H,1-5H3/t10-/m0/s1. The van der Waals surface area contributed by atoms with E-state index < -0.39 is 18.0 Å². The van der Waals surface area contributed by atoms with Gasteiger partial charge >= 0.3 is 11.9 Å². The lowest BCUT2D eigenvalue weighted by atomic mass is 9.87. The molecule has 0 aromatic heterocycles. The lowest BCUT2D eigenvalue weighted by molar-refractivity contribution is -0.149. The summed E-state index contributed by atoms with van der Waals surface area (Å²) < 4.78 is 9.50. The maximum absolute atomic E-state index is 11.8. The van der Waals surface area contributed by atoms with Gasteiger partial charge in [0, 0.05) is 0 Å². The predicted octanol–water partition coefficient (Wildman–Crippen LogP) is 2.70. The minimum atomic E-state index is -0.903. The summed E-state index contributed by atoms with van der Waals surface area (Å²) in [5, 5.41) is 0. The lowest BCUT2D eigenvalue weighted by Crippen LogP contribution is -2.25. The lowest BCUT2D eigenvalue weighted by Gasteiger charge is -2.19. The molecule has 0 spiro atoms. The van der Waals surface area contributed by atoms with E-state index in [-0.39, 0.29) is 5.41 Å². The summed E-state index contributed by atoms with van der Waals surface area (Å²) in [7, 11) is 1.25. The fraction of sp³-hybridized carbons (Fsp3) is 0.467. The van der Waals surface area contributed by atoms with Crippen LogP contribution in [-0.2, 0) is 19.7 Å². The third-order valence-corrected chi connectivity index (χ3v) is 2.80. The number of esters is 2. The van der Waals surface area contributed by atoms with Crippen molar-refractivity contribution in [2.45, 2.75) is 39.2 Å². The molecule has 0 heterocycles. The molecule has 1 aromatic carbocycles. The normalized spacial score (nSPS) is 12.7. The summed E-state index contributed by atoms with van der Waals surface area (Å²) in [6.45, 7) is 7.77. The molecule has 1 atom stereocenters. The number of ether oxygens (including phenoxy) is 2. The summed E-state index contributed by atoms with van der Waals surface area (Å²) in [4.78, 5) is 23.0. The van der Waals surface area contributed by atoms with Crippen LogP contribution in [0.15, 0.2) is 24.3 Å². The summed E-state index contributed by atoms with van der Waals surface area (Å²) in [5.41, 5.74) is 1.58. The molecule has 1 rings (SSSR count). The number of rotatable bonds is 3. The molecule has 0 unspecified atom stereocenters. The van der Waals surface area contributed by atoms with E-state index in [0.29, 0.717) is 5.56 Å². The zero-order valence-electron chi connectivity index (χ0n) is 12.0. The first kappa shape index (κ1) is 15.2. The molecule has 0 radical (unpaired) electrons.